The van der Waals surface area contributed by atoms with Gasteiger partial charge in [0.05, 0.1) is 0 Å². The summed E-state index contributed by atoms with van der Waals surface area (Å²) in [5, 5.41) is 3.58. The molecule has 0 bridgehead atoms. The van der Waals surface area contributed by atoms with Gasteiger partial charge in [0, 0.05) is 18.8 Å². The smallest absolute Gasteiger partial charge is 0.329 e. The lowest BCUT2D eigenvalue weighted by atomic mass is 10.2. The summed E-state index contributed by atoms with van der Waals surface area (Å²) in [5.74, 6) is 1.36. The van der Waals surface area contributed by atoms with Gasteiger partial charge in [-0.2, -0.15) is 11.8 Å². The van der Waals surface area contributed by atoms with Crippen LogP contribution in [0.3, 0.4) is 0 Å². The fourth-order valence-corrected chi connectivity index (χ4v) is 3.23. The number of H-pyrrole nitrogens is 1. The van der Waals surface area contributed by atoms with E-state index in [1.54, 1.807) is 0 Å². The standard InChI is InChI=1S/C11H18N4O2S/c1-15-9(12)8(10(16)14-11(15)17)13-6-7-4-2-3-5-18-7/h7,13H,2-6,12H2,1H3,(H,14,16,17). The largest absolute Gasteiger partial charge is 0.383 e. The molecule has 1 aromatic rings. The van der Waals surface area contributed by atoms with E-state index in [0.717, 1.165) is 6.42 Å². The molecule has 6 nitrogen and oxygen atoms in total. The Kier molecular flexibility index (Phi) is 4.00. The minimum atomic E-state index is -0.491. The van der Waals surface area contributed by atoms with Crippen molar-refractivity contribution in [3.63, 3.8) is 0 Å². The topological polar surface area (TPSA) is 92.9 Å². The van der Waals surface area contributed by atoms with E-state index in [4.69, 9.17) is 5.73 Å². The number of nitrogens with two attached hydrogens (primary N) is 1. The van der Waals surface area contributed by atoms with Gasteiger partial charge in [-0.1, -0.05) is 6.42 Å². The van der Waals surface area contributed by atoms with Crippen molar-refractivity contribution in [2.24, 2.45) is 7.05 Å². The Morgan fingerprint density at radius 3 is 2.94 bits per heavy atom. The van der Waals surface area contributed by atoms with Crippen molar-refractivity contribution >= 4 is 23.3 Å². The van der Waals surface area contributed by atoms with Crippen molar-refractivity contribution in [2.75, 3.05) is 23.3 Å². The lowest BCUT2D eigenvalue weighted by Gasteiger charge is -2.22. The van der Waals surface area contributed by atoms with Crippen LogP contribution in [0, 0.1) is 0 Å². The van der Waals surface area contributed by atoms with E-state index in [-0.39, 0.29) is 5.82 Å². The lowest BCUT2D eigenvalue weighted by molar-refractivity contribution is 0.676. The molecule has 4 N–H and O–H groups in total. The molecular weight excluding hydrogens is 252 g/mol. The zero-order chi connectivity index (χ0) is 13.1. The first-order chi connectivity index (χ1) is 8.59. The van der Waals surface area contributed by atoms with Crippen LogP contribution in [-0.4, -0.2) is 27.1 Å². The van der Waals surface area contributed by atoms with Crippen LogP contribution >= 0.6 is 11.8 Å². The number of nitrogen functional groups attached to an aromatic ring is 1. The Bertz CT molecular complexity index is 531. The number of nitrogens with one attached hydrogen (secondary N) is 2. The molecule has 0 aliphatic carbocycles. The number of nitrogens with zero attached hydrogens (tertiary/aromatic N) is 1. The fraction of sp³-hybridized carbons (Fsp3) is 0.636. The lowest BCUT2D eigenvalue weighted by Crippen LogP contribution is -2.33. The second-order valence-corrected chi connectivity index (χ2v) is 5.86. The summed E-state index contributed by atoms with van der Waals surface area (Å²) in [5.41, 5.74) is 5.13. The third kappa shape index (κ3) is 2.72. The van der Waals surface area contributed by atoms with Crippen LogP contribution in [0.2, 0.25) is 0 Å². The van der Waals surface area contributed by atoms with Crippen molar-refractivity contribution in [2.45, 2.75) is 24.5 Å². The number of hydrogen-bond donors (Lipinski definition) is 3. The van der Waals surface area contributed by atoms with E-state index in [1.165, 1.54) is 30.2 Å². The summed E-state index contributed by atoms with van der Waals surface area (Å²) in [6.07, 6.45) is 3.66. The molecule has 2 rings (SSSR count). The second-order valence-electron chi connectivity index (χ2n) is 4.45. The van der Waals surface area contributed by atoms with Crippen LogP contribution < -0.4 is 22.3 Å². The molecule has 0 aromatic carbocycles. The van der Waals surface area contributed by atoms with Crippen molar-refractivity contribution in [1.29, 1.82) is 0 Å². The first-order valence-corrected chi connectivity index (χ1v) is 7.08. The molecule has 18 heavy (non-hydrogen) atoms. The minimum Gasteiger partial charge on any atom is -0.383 e. The van der Waals surface area contributed by atoms with E-state index in [1.807, 2.05) is 11.8 Å². The van der Waals surface area contributed by atoms with Crippen LogP contribution in [0.15, 0.2) is 9.59 Å². The molecule has 1 atom stereocenters. The minimum absolute atomic E-state index is 0.185. The molecule has 1 unspecified atom stereocenters. The Balaban J connectivity index is 2.11. The summed E-state index contributed by atoms with van der Waals surface area (Å²) in [7, 11) is 1.54. The second kappa shape index (κ2) is 5.51. The van der Waals surface area contributed by atoms with Crippen molar-refractivity contribution in [1.82, 2.24) is 9.55 Å². The molecule has 0 spiro atoms. The third-order valence-corrected chi connectivity index (χ3v) is 4.55. The van der Waals surface area contributed by atoms with Gasteiger partial charge in [-0.05, 0) is 18.6 Å². The first-order valence-electron chi connectivity index (χ1n) is 6.04. The Morgan fingerprint density at radius 1 is 1.50 bits per heavy atom. The monoisotopic (exact) mass is 270 g/mol. The zero-order valence-electron chi connectivity index (χ0n) is 10.4. The summed E-state index contributed by atoms with van der Waals surface area (Å²) >= 11 is 1.92. The van der Waals surface area contributed by atoms with Crippen molar-refractivity contribution in [3.8, 4) is 0 Å². The number of thioether (sulfide) groups is 1. The van der Waals surface area contributed by atoms with E-state index >= 15 is 0 Å². The number of hydrogen-bond acceptors (Lipinski definition) is 5. The van der Waals surface area contributed by atoms with Crippen LogP contribution in [0.25, 0.3) is 0 Å². The van der Waals surface area contributed by atoms with Gasteiger partial charge in [-0.15, -0.1) is 0 Å². The highest BCUT2D eigenvalue weighted by Crippen LogP contribution is 2.25. The number of aromatic nitrogens is 2. The maximum atomic E-state index is 11.7. The Labute approximate surface area is 109 Å². The first kappa shape index (κ1) is 13.1. The van der Waals surface area contributed by atoms with Gasteiger partial charge < -0.3 is 11.1 Å². The molecule has 0 saturated carbocycles. The summed E-state index contributed by atoms with van der Waals surface area (Å²) in [6, 6.07) is 0. The highest BCUT2D eigenvalue weighted by atomic mass is 32.2. The fourth-order valence-electron chi connectivity index (χ4n) is 1.99. The van der Waals surface area contributed by atoms with E-state index < -0.39 is 11.2 Å². The van der Waals surface area contributed by atoms with Crippen molar-refractivity contribution < 1.29 is 0 Å². The third-order valence-electron chi connectivity index (χ3n) is 3.15. The molecule has 2 heterocycles. The van der Waals surface area contributed by atoms with Crippen LogP contribution in [0.1, 0.15) is 19.3 Å². The summed E-state index contributed by atoms with van der Waals surface area (Å²) < 4.78 is 1.23. The number of anilines is 2. The normalized spacial score (nSPS) is 19.7. The van der Waals surface area contributed by atoms with Crippen molar-refractivity contribution in [3.05, 3.63) is 20.8 Å². The van der Waals surface area contributed by atoms with Gasteiger partial charge >= 0.3 is 5.69 Å². The van der Waals surface area contributed by atoms with Gasteiger partial charge in [0.15, 0.2) is 0 Å². The zero-order valence-corrected chi connectivity index (χ0v) is 11.2. The quantitative estimate of drug-likeness (QED) is 0.737. The Morgan fingerprint density at radius 2 is 2.28 bits per heavy atom. The molecule has 1 fully saturated rings. The molecule has 1 aliphatic rings. The highest BCUT2D eigenvalue weighted by Gasteiger charge is 2.16. The van der Waals surface area contributed by atoms with Crippen LogP contribution in [-0.2, 0) is 7.05 Å². The highest BCUT2D eigenvalue weighted by molar-refractivity contribution is 7.99. The molecular formula is C11H18N4O2S. The van der Waals surface area contributed by atoms with Gasteiger partial charge in [0.2, 0.25) is 0 Å². The molecule has 1 aromatic heterocycles. The summed E-state index contributed by atoms with van der Waals surface area (Å²) in [4.78, 5) is 25.2. The van der Waals surface area contributed by atoms with Crippen LogP contribution in [0.4, 0.5) is 11.5 Å². The number of aromatic amines is 1. The predicted molar refractivity (Wildman–Crippen MR) is 75.3 cm³/mol. The average molecular weight is 270 g/mol. The molecule has 7 heteroatoms. The molecule has 100 valence electrons. The van der Waals surface area contributed by atoms with E-state index in [2.05, 4.69) is 10.3 Å². The maximum absolute atomic E-state index is 11.7. The summed E-state index contributed by atoms with van der Waals surface area (Å²) in [6.45, 7) is 0.705. The van der Waals surface area contributed by atoms with E-state index in [0.29, 0.717) is 17.5 Å². The van der Waals surface area contributed by atoms with E-state index in [9.17, 15) is 9.59 Å². The SMILES string of the molecule is Cn1c(N)c(NCC2CCCCS2)c(=O)[nH]c1=O. The molecule has 1 aliphatic heterocycles. The van der Waals surface area contributed by atoms with Gasteiger partial charge in [-0.3, -0.25) is 14.3 Å². The van der Waals surface area contributed by atoms with Gasteiger partial charge in [0.1, 0.15) is 11.5 Å². The number of rotatable bonds is 3. The average Bonchev–Trinajstić information content (AvgIpc) is 2.37. The van der Waals surface area contributed by atoms with Gasteiger partial charge in [-0.25, -0.2) is 4.79 Å². The van der Waals surface area contributed by atoms with Crippen LogP contribution in [0.5, 0.6) is 0 Å². The predicted octanol–water partition coefficient (Wildman–Crippen LogP) is 0.353. The molecule has 0 radical (unpaired) electrons. The molecule has 1 saturated heterocycles. The Hall–Kier alpha value is -1.37. The van der Waals surface area contributed by atoms with Gasteiger partial charge in [0.25, 0.3) is 5.56 Å². The maximum Gasteiger partial charge on any atom is 0.329 e. The molecule has 0 amide bonds.